The zero-order chi connectivity index (χ0) is 17.9. The number of hydrogen-bond acceptors (Lipinski definition) is 2. The highest BCUT2D eigenvalue weighted by molar-refractivity contribution is 9.10. The van der Waals surface area contributed by atoms with Crippen molar-refractivity contribution in [3.63, 3.8) is 0 Å². The van der Waals surface area contributed by atoms with Gasteiger partial charge >= 0.3 is 0 Å². The Labute approximate surface area is 164 Å². The number of carbonyl (C=O) groups excluding carboxylic acids is 1. The van der Waals surface area contributed by atoms with Gasteiger partial charge in [-0.3, -0.25) is 4.79 Å². The number of ether oxygens (including phenoxy) is 1. The van der Waals surface area contributed by atoms with Crippen LogP contribution in [0.1, 0.15) is 56.4 Å². The van der Waals surface area contributed by atoms with Crippen molar-refractivity contribution in [2.75, 3.05) is 20.2 Å². The molecule has 5 aliphatic rings. The molecule has 3 unspecified atom stereocenters. The standard InChI is InChI=1S/C22H28BrNO2/c1-26-19-4-2-17(3-5-19)18-6-7-24(13-18)20(25)21-9-15-8-16(10-21)12-22(23,11-15)14-21/h2-5,15-16,18H,6-14H2,1H3. The van der Waals surface area contributed by atoms with Crippen LogP contribution in [0.25, 0.3) is 0 Å². The highest BCUT2D eigenvalue weighted by atomic mass is 79.9. The van der Waals surface area contributed by atoms with Crippen LogP contribution in [-0.2, 0) is 4.79 Å². The summed E-state index contributed by atoms with van der Waals surface area (Å²) in [6.07, 6.45) is 8.35. The second-order valence-electron chi connectivity index (χ2n) is 9.40. The third-order valence-corrected chi connectivity index (χ3v) is 8.43. The number of hydrogen-bond donors (Lipinski definition) is 0. The van der Waals surface area contributed by atoms with E-state index in [1.165, 1.54) is 24.8 Å². The van der Waals surface area contributed by atoms with Gasteiger partial charge in [-0.1, -0.05) is 28.1 Å². The van der Waals surface area contributed by atoms with E-state index in [1.54, 1.807) is 7.11 Å². The molecule has 4 bridgehead atoms. The maximum Gasteiger partial charge on any atom is 0.228 e. The molecule has 0 spiro atoms. The summed E-state index contributed by atoms with van der Waals surface area (Å²) in [5.74, 6) is 3.36. The van der Waals surface area contributed by atoms with Crippen molar-refractivity contribution in [2.24, 2.45) is 17.3 Å². The summed E-state index contributed by atoms with van der Waals surface area (Å²) in [6.45, 7) is 1.80. The van der Waals surface area contributed by atoms with E-state index in [1.807, 2.05) is 12.1 Å². The van der Waals surface area contributed by atoms with Crippen molar-refractivity contribution in [2.45, 2.75) is 55.2 Å². The summed E-state index contributed by atoms with van der Waals surface area (Å²) in [7, 11) is 1.70. The minimum Gasteiger partial charge on any atom is -0.497 e. The first-order valence-corrected chi connectivity index (χ1v) is 10.9. The van der Waals surface area contributed by atoms with Crippen LogP contribution >= 0.6 is 15.9 Å². The molecule has 26 heavy (non-hydrogen) atoms. The third-order valence-electron chi connectivity index (χ3n) is 7.51. The Bertz CT molecular complexity index is 701. The Morgan fingerprint density at radius 3 is 2.46 bits per heavy atom. The summed E-state index contributed by atoms with van der Waals surface area (Å²) in [5.41, 5.74) is 1.27. The molecule has 1 aromatic carbocycles. The molecule has 1 aliphatic heterocycles. The van der Waals surface area contributed by atoms with E-state index in [0.717, 1.165) is 56.4 Å². The molecule has 4 heteroatoms. The second-order valence-corrected chi connectivity index (χ2v) is 11.1. The Morgan fingerprint density at radius 1 is 1.15 bits per heavy atom. The van der Waals surface area contributed by atoms with Crippen LogP contribution in [0.4, 0.5) is 0 Å². The van der Waals surface area contributed by atoms with Gasteiger partial charge < -0.3 is 9.64 Å². The van der Waals surface area contributed by atoms with Crippen LogP contribution in [0.15, 0.2) is 24.3 Å². The summed E-state index contributed by atoms with van der Waals surface area (Å²) in [5, 5.41) is 0. The molecule has 4 saturated carbocycles. The van der Waals surface area contributed by atoms with Gasteiger partial charge in [0.2, 0.25) is 5.91 Å². The predicted octanol–water partition coefficient (Wildman–Crippen LogP) is 4.75. The van der Waals surface area contributed by atoms with Crippen molar-refractivity contribution in [1.29, 1.82) is 0 Å². The van der Waals surface area contributed by atoms with E-state index in [9.17, 15) is 4.79 Å². The van der Waals surface area contributed by atoms with Gasteiger partial charge in [0.05, 0.1) is 12.5 Å². The molecule has 3 nitrogen and oxygen atoms in total. The Morgan fingerprint density at radius 2 is 1.85 bits per heavy atom. The molecule has 1 aromatic rings. The quantitative estimate of drug-likeness (QED) is 0.664. The van der Waals surface area contributed by atoms with E-state index in [2.05, 4.69) is 33.0 Å². The normalized spacial score (nSPS) is 40.8. The van der Waals surface area contributed by atoms with Crippen LogP contribution < -0.4 is 4.74 Å². The van der Waals surface area contributed by atoms with Crippen molar-refractivity contribution in [1.82, 2.24) is 4.90 Å². The molecule has 0 radical (unpaired) electrons. The van der Waals surface area contributed by atoms with Gasteiger partial charge in [-0.2, -0.15) is 0 Å². The van der Waals surface area contributed by atoms with Gasteiger partial charge in [-0.15, -0.1) is 0 Å². The maximum absolute atomic E-state index is 13.6. The van der Waals surface area contributed by atoms with Crippen molar-refractivity contribution < 1.29 is 9.53 Å². The van der Waals surface area contributed by atoms with Gasteiger partial charge in [-0.25, -0.2) is 0 Å². The number of carbonyl (C=O) groups is 1. The first-order valence-electron chi connectivity index (χ1n) is 10.1. The lowest BCUT2D eigenvalue weighted by Crippen LogP contribution is -2.58. The summed E-state index contributed by atoms with van der Waals surface area (Å²) >= 11 is 4.05. The molecule has 3 atom stereocenters. The molecule has 140 valence electrons. The van der Waals surface area contributed by atoms with Crippen molar-refractivity contribution >= 4 is 21.8 Å². The summed E-state index contributed by atoms with van der Waals surface area (Å²) in [4.78, 5) is 15.8. The van der Waals surface area contributed by atoms with E-state index in [-0.39, 0.29) is 9.74 Å². The Hall–Kier alpha value is -1.03. The Balaban J connectivity index is 1.32. The molecule has 1 amide bonds. The smallest absolute Gasteiger partial charge is 0.228 e. The van der Waals surface area contributed by atoms with Gasteiger partial charge in [0.1, 0.15) is 5.75 Å². The van der Waals surface area contributed by atoms with Crippen molar-refractivity contribution in [3.8, 4) is 5.75 Å². The number of amides is 1. The van der Waals surface area contributed by atoms with E-state index in [4.69, 9.17) is 4.74 Å². The van der Waals surface area contributed by atoms with Crippen LogP contribution in [-0.4, -0.2) is 35.3 Å². The highest BCUT2D eigenvalue weighted by Crippen LogP contribution is 2.65. The zero-order valence-electron chi connectivity index (χ0n) is 15.5. The molecule has 4 aliphatic carbocycles. The molecule has 6 rings (SSSR count). The van der Waals surface area contributed by atoms with E-state index in [0.29, 0.717) is 11.8 Å². The molecule has 5 fully saturated rings. The minimum absolute atomic E-state index is 0.0671. The molecule has 1 heterocycles. The molecule has 0 N–H and O–H groups in total. The lowest BCUT2D eigenvalue weighted by Gasteiger charge is -2.60. The zero-order valence-corrected chi connectivity index (χ0v) is 17.1. The average Bonchev–Trinajstić information content (AvgIpc) is 3.09. The SMILES string of the molecule is COc1ccc(C2CCN(C(=O)C34CC5CC(CC(Br)(C5)C3)C4)C2)cc1. The largest absolute Gasteiger partial charge is 0.497 e. The third kappa shape index (κ3) is 2.71. The number of methoxy groups -OCH3 is 1. The average molecular weight is 418 g/mol. The van der Waals surface area contributed by atoms with E-state index >= 15 is 0 Å². The molecular weight excluding hydrogens is 390 g/mol. The van der Waals surface area contributed by atoms with Gasteiger partial charge in [0.15, 0.2) is 0 Å². The first-order chi connectivity index (χ1) is 12.5. The number of rotatable bonds is 3. The summed E-state index contributed by atoms with van der Waals surface area (Å²) in [6, 6.07) is 8.40. The highest BCUT2D eigenvalue weighted by Gasteiger charge is 2.60. The monoisotopic (exact) mass is 417 g/mol. The van der Waals surface area contributed by atoms with Gasteiger partial charge in [0.25, 0.3) is 0 Å². The van der Waals surface area contributed by atoms with Crippen molar-refractivity contribution in [3.05, 3.63) is 29.8 Å². The van der Waals surface area contributed by atoms with E-state index < -0.39 is 0 Å². The summed E-state index contributed by atoms with van der Waals surface area (Å²) < 4.78 is 5.52. The fourth-order valence-electron chi connectivity index (χ4n) is 6.83. The van der Waals surface area contributed by atoms with Crippen LogP contribution in [0.5, 0.6) is 5.75 Å². The number of benzene rings is 1. The number of nitrogens with zero attached hydrogens (tertiary/aromatic N) is 1. The molecular formula is C22H28BrNO2. The lowest BCUT2D eigenvalue weighted by atomic mass is 9.49. The number of halogens is 1. The number of likely N-dealkylation sites (tertiary alicyclic amines) is 1. The molecule has 0 aromatic heterocycles. The first kappa shape index (κ1) is 17.1. The van der Waals surface area contributed by atoms with Crippen LogP contribution in [0, 0.1) is 17.3 Å². The molecule has 1 saturated heterocycles. The van der Waals surface area contributed by atoms with Gasteiger partial charge in [-0.05, 0) is 74.5 Å². The lowest BCUT2D eigenvalue weighted by molar-refractivity contribution is -0.154. The van der Waals surface area contributed by atoms with Gasteiger partial charge in [0, 0.05) is 23.3 Å². The second kappa shape index (κ2) is 5.98. The number of alkyl halides is 1. The van der Waals surface area contributed by atoms with Crippen LogP contribution in [0.2, 0.25) is 0 Å². The predicted molar refractivity (Wildman–Crippen MR) is 106 cm³/mol. The Kier molecular flexibility index (Phi) is 3.93. The topological polar surface area (TPSA) is 29.5 Å². The minimum atomic E-state index is -0.0671. The fraction of sp³-hybridized carbons (Fsp3) is 0.682. The maximum atomic E-state index is 13.6. The van der Waals surface area contributed by atoms with Crippen LogP contribution in [0.3, 0.4) is 0 Å². The fourth-order valence-corrected chi connectivity index (χ4v) is 8.28.